The molecule has 0 spiro atoms. The van der Waals surface area contributed by atoms with E-state index in [9.17, 15) is 13.6 Å². The fourth-order valence-electron chi connectivity index (χ4n) is 2.82. The fourth-order valence-corrected chi connectivity index (χ4v) is 3.61. The Morgan fingerprint density at radius 2 is 1.87 bits per heavy atom. The molecule has 4 aromatic rings. The van der Waals surface area contributed by atoms with Gasteiger partial charge in [0.2, 0.25) is 5.13 Å². The van der Waals surface area contributed by atoms with Crippen LogP contribution in [0.1, 0.15) is 16.1 Å². The molecular weight excluding hydrogens is 410 g/mol. The largest absolute Gasteiger partial charge is 0.497 e. The van der Waals surface area contributed by atoms with E-state index in [-0.39, 0.29) is 5.56 Å². The highest BCUT2D eigenvalue weighted by molar-refractivity contribution is 7.12. The number of methoxy groups -OCH3 is 1. The minimum Gasteiger partial charge on any atom is -0.497 e. The number of ether oxygens (including phenoxy) is 1. The predicted molar refractivity (Wildman–Crippen MR) is 110 cm³/mol. The number of aromatic nitrogens is 3. The highest BCUT2D eigenvalue weighted by atomic mass is 32.1. The van der Waals surface area contributed by atoms with Gasteiger partial charge in [-0.1, -0.05) is 0 Å². The zero-order chi connectivity index (χ0) is 21.3. The second kappa shape index (κ2) is 8.03. The Balaban J connectivity index is 1.61. The molecule has 0 saturated carbocycles. The SMILES string of the molecule is COc1ccc(-c2csc(-n3nc(C)cc3NC(=O)c3ccc(F)c(F)c3)n2)cc1. The van der Waals surface area contributed by atoms with Gasteiger partial charge in [-0.2, -0.15) is 9.78 Å². The Morgan fingerprint density at radius 1 is 1.10 bits per heavy atom. The molecule has 0 aliphatic heterocycles. The Morgan fingerprint density at radius 3 is 2.57 bits per heavy atom. The van der Waals surface area contributed by atoms with Crippen molar-refractivity contribution in [3.8, 4) is 22.1 Å². The Bertz CT molecular complexity index is 1220. The number of aryl methyl sites for hydroxylation is 1. The third kappa shape index (κ3) is 3.92. The molecule has 4 rings (SSSR count). The van der Waals surface area contributed by atoms with Gasteiger partial charge in [0.25, 0.3) is 5.91 Å². The van der Waals surface area contributed by atoms with Crippen molar-refractivity contribution in [2.75, 3.05) is 12.4 Å². The van der Waals surface area contributed by atoms with Crippen molar-refractivity contribution in [1.29, 1.82) is 0 Å². The number of carbonyl (C=O) groups excluding carboxylic acids is 1. The summed E-state index contributed by atoms with van der Waals surface area (Å²) in [6.45, 7) is 1.78. The number of hydrogen-bond donors (Lipinski definition) is 1. The first-order chi connectivity index (χ1) is 14.4. The highest BCUT2D eigenvalue weighted by Gasteiger charge is 2.16. The molecule has 1 amide bonds. The molecule has 30 heavy (non-hydrogen) atoms. The second-order valence-electron chi connectivity index (χ2n) is 6.41. The van der Waals surface area contributed by atoms with Crippen LogP contribution in [0.5, 0.6) is 5.75 Å². The lowest BCUT2D eigenvalue weighted by Gasteiger charge is -2.07. The highest BCUT2D eigenvalue weighted by Crippen LogP contribution is 2.28. The van der Waals surface area contributed by atoms with Crippen molar-refractivity contribution in [3.05, 3.63) is 76.8 Å². The molecule has 6 nitrogen and oxygen atoms in total. The third-order valence-electron chi connectivity index (χ3n) is 4.31. The van der Waals surface area contributed by atoms with Gasteiger partial charge < -0.3 is 10.1 Å². The van der Waals surface area contributed by atoms with Crippen LogP contribution in [0.4, 0.5) is 14.6 Å². The lowest BCUT2D eigenvalue weighted by molar-refractivity contribution is 0.102. The van der Waals surface area contributed by atoms with Crippen molar-refractivity contribution in [1.82, 2.24) is 14.8 Å². The first-order valence-corrected chi connectivity index (χ1v) is 9.76. The maximum atomic E-state index is 13.4. The van der Waals surface area contributed by atoms with Crippen LogP contribution in [0.2, 0.25) is 0 Å². The summed E-state index contributed by atoms with van der Waals surface area (Å²) in [4.78, 5) is 17.1. The minimum atomic E-state index is -1.09. The van der Waals surface area contributed by atoms with Crippen molar-refractivity contribution >= 4 is 23.1 Å². The summed E-state index contributed by atoms with van der Waals surface area (Å²) in [5.41, 5.74) is 2.33. The number of anilines is 1. The molecule has 1 N–H and O–H groups in total. The number of rotatable bonds is 5. The summed E-state index contributed by atoms with van der Waals surface area (Å²) >= 11 is 1.36. The third-order valence-corrected chi connectivity index (χ3v) is 5.13. The van der Waals surface area contributed by atoms with E-state index in [4.69, 9.17) is 4.74 Å². The van der Waals surface area contributed by atoms with E-state index in [0.717, 1.165) is 29.1 Å². The van der Waals surface area contributed by atoms with Crippen LogP contribution in [0, 0.1) is 18.6 Å². The molecule has 2 aromatic carbocycles. The summed E-state index contributed by atoms with van der Waals surface area (Å²) in [6.07, 6.45) is 0. The maximum absolute atomic E-state index is 13.4. The number of carbonyl (C=O) groups is 1. The van der Waals surface area contributed by atoms with Gasteiger partial charge in [-0.05, 0) is 49.4 Å². The van der Waals surface area contributed by atoms with E-state index in [2.05, 4.69) is 15.4 Å². The smallest absolute Gasteiger partial charge is 0.256 e. The van der Waals surface area contributed by atoms with Crippen LogP contribution in [0.3, 0.4) is 0 Å². The van der Waals surface area contributed by atoms with Crippen molar-refractivity contribution in [2.24, 2.45) is 0 Å². The molecule has 9 heteroatoms. The molecule has 0 atom stereocenters. The molecule has 0 fully saturated rings. The summed E-state index contributed by atoms with van der Waals surface area (Å²) < 4.78 is 33.3. The van der Waals surface area contributed by atoms with Crippen LogP contribution >= 0.6 is 11.3 Å². The van der Waals surface area contributed by atoms with Crippen LogP contribution in [-0.4, -0.2) is 27.8 Å². The monoisotopic (exact) mass is 426 g/mol. The molecule has 0 radical (unpaired) electrons. The number of amides is 1. The van der Waals surface area contributed by atoms with Crippen LogP contribution in [0.15, 0.2) is 53.9 Å². The topological polar surface area (TPSA) is 69.0 Å². The lowest BCUT2D eigenvalue weighted by Crippen LogP contribution is -2.15. The Hall–Kier alpha value is -3.59. The normalized spacial score (nSPS) is 10.8. The second-order valence-corrected chi connectivity index (χ2v) is 7.25. The van der Waals surface area contributed by atoms with Gasteiger partial charge >= 0.3 is 0 Å². The van der Waals surface area contributed by atoms with Crippen molar-refractivity contribution in [2.45, 2.75) is 6.92 Å². The van der Waals surface area contributed by atoms with Gasteiger partial charge in [0.05, 0.1) is 18.5 Å². The van der Waals surface area contributed by atoms with Gasteiger partial charge in [-0.15, -0.1) is 11.3 Å². The number of thiazole rings is 1. The zero-order valence-corrected chi connectivity index (χ0v) is 16.8. The Kier molecular flexibility index (Phi) is 5.28. The number of hydrogen-bond acceptors (Lipinski definition) is 5. The lowest BCUT2D eigenvalue weighted by atomic mass is 10.2. The molecule has 0 aliphatic carbocycles. The van der Waals surface area contributed by atoms with E-state index in [0.29, 0.717) is 16.6 Å². The minimum absolute atomic E-state index is 0.00244. The average Bonchev–Trinajstić information content (AvgIpc) is 3.36. The van der Waals surface area contributed by atoms with E-state index in [1.54, 1.807) is 20.1 Å². The summed E-state index contributed by atoms with van der Waals surface area (Å²) in [6, 6.07) is 12.1. The molecule has 2 aromatic heterocycles. The summed E-state index contributed by atoms with van der Waals surface area (Å²) in [5.74, 6) is -1.56. The molecule has 152 valence electrons. The molecular formula is C21H16F2N4O2S. The predicted octanol–water partition coefficient (Wildman–Crippen LogP) is 4.84. The first kappa shape index (κ1) is 19.7. The van der Waals surface area contributed by atoms with Gasteiger partial charge in [0.15, 0.2) is 11.6 Å². The summed E-state index contributed by atoms with van der Waals surface area (Å²) in [7, 11) is 1.60. The zero-order valence-electron chi connectivity index (χ0n) is 16.0. The number of halogens is 2. The molecule has 0 aliphatic rings. The van der Waals surface area contributed by atoms with Crippen molar-refractivity contribution in [3.63, 3.8) is 0 Å². The number of benzene rings is 2. The van der Waals surface area contributed by atoms with Crippen LogP contribution in [0.25, 0.3) is 16.4 Å². The molecule has 0 saturated heterocycles. The standard InChI is InChI=1S/C21H16F2N4O2S/c1-12-9-19(25-20(28)14-5-8-16(22)17(23)10-14)27(26-12)21-24-18(11-30-21)13-3-6-15(29-2)7-4-13/h3-11H,1-2H3,(H,25,28). The Labute approximate surface area is 174 Å². The molecule has 2 heterocycles. The molecule has 0 unspecified atom stereocenters. The van der Waals surface area contributed by atoms with Gasteiger partial charge in [-0.3, -0.25) is 4.79 Å². The van der Waals surface area contributed by atoms with Gasteiger partial charge in [0, 0.05) is 22.6 Å². The van der Waals surface area contributed by atoms with E-state index >= 15 is 0 Å². The molecule has 0 bridgehead atoms. The number of nitrogens with zero attached hydrogens (tertiary/aromatic N) is 3. The van der Waals surface area contributed by atoms with E-state index in [1.165, 1.54) is 22.1 Å². The van der Waals surface area contributed by atoms with Crippen LogP contribution in [-0.2, 0) is 0 Å². The average molecular weight is 426 g/mol. The fraction of sp³-hybridized carbons (Fsp3) is 0.0952. The maximum Gasteiger partial charge on any atom is 0.256 e. The summed E-state index contributed by atoms with van der Waals surface area (Å²) in [5, 5.41) is 9.50. The quantitative estimate of drug-likeness (QED) is 0.496. The van der Waals surface area contributed by atoms with E-state index < -0.39 is 17.5 Å². The van der Waals surface area contributed by atoms with Gasteiger partial charge in [-0.25, -0.2) is 13.8 Å². The van der Waals surface area contributed by atoms with Crippen LogP contribution < -0.4 is 10.1 Å². The van der Waals surface area contributed by atoms with Gasteiger partial charge in [0.1, 0.15) is 11.6 Å². The van der Waals surface area contributed by atoms with E-state index in [1.807, 2.05) is 29.6 Å². The number of nitrogens with one attached hydrogen (secondary N) is 1. The van der Waals surface area contributed by atoms with Crippen molar-refractivity contribution < 1.29 is 18.3 Å². The first-order valence-electron chi connectivity index (χ1n) is 8.88.